The van der Waals surface area contributed by atoms with Crippen LogP contribution in [-0.2, 0) is 0 Å². The summed E-state index contributed by atoms with van der Waals surface area (Å²) in [5.41, 5.74) is 13.5. The summed E-state index contributed by atoms with van der Waals surface area (Å²) < 4.78 is 0. The van der Waals surface area contributed by atoms with E-state index in [9.17, 15) is 0 Å². The van der Waals surface area contributed by atoms with Gasteiger partial charge in [-0.25, -0.2) is 0 Å². The van der Waals surface area contributed by atoms with E-state index in [2.05, 4.69) is 0 Å². The molecule has 0 rings (SSSR count). The second-order valence-electron chi connectivity index (χ2n) is 0.0894. The van der Waals surface area contributed by atoms with Crippen LogP contribution in [-0.4, -0.2) is 0 Å². The van der Waals surface area contributed by atoms with E-state index in [1.54, 1.807) is 0 Å². The Bertz CT molecular complexity index is 31.8. The van der Waals surface area contributed by atoms with Crippen molar-refractivity contribution in [2.75, 3.05) is 0 Å². The van der Waals surface area contributed by atoms with E-state index < -0.39 is 0 Å². The smallest absolute Gasteiger partial charge is 1.00 e. The van der Waals surface area contributed by atoms with Crippen LogP contribution >= 0.6 is 0 Å². The van der Waals surface area contributed by atoms with Crippen LogP contribution < -0.4 is 105 Å². The van der Waals surface area contributed by atoms with Crippen LogP contribution in [0.1, 0.15) is 0 Å². The van der Waals surface area contributed by atoms with Crippen molar-refractivity contribution in [2.24, 2.45) is 0 Å². The molecule has 0 heterocycles. The number of rotatable bonds is 0. The summed E-state index contributed by atoms with van der Waals surface area (Å²) in [6, 6.07) is 0. The molecule has 0 aliphatic rings. The van der Waals surface area contributed by atoms with Gasteiger partial charge in [0.1, 0.15) is 0 Å². The van der Waals surface area contributed by atoms with Gasteiger partial charge in [-0.05, 0) is 0 Å². The largest absolute Gasteiger partial charge is 1.00 e. The topological polar surface area (TPSA) is 58.7 Å². The quantitative estimate of drug-likeness (QED) is 0.131. The Hall–Kier alpha value is 2.68. The van der Waals surface area contributed by atoms with Crippen LogP contribution in [0, 0.1) is 0 Å². The summed E-state index contributed by atoms with van der Waals surface area (Å²) in [4.78, 5) is 1.50. The van der Waals surface area contributed by atoms with Gasteiger partial charge >= 0.3 is 80.9 Å². The predicted octanol–water partition coefficient (Wildman–Crippen LogP) is -8.12. The van der Waals surface area contributed by atoms with Gasteiger partial charge < -0.3 is 35.0 Å². The standard InChI is InChI=1S/HI.K.N3.Na/c;;1-3-2;/h1H;;;/q;+1;-1;+1/p-1. The first-order chi connectivity index (χ1) is 1.41. The number of nitrogens with zero attached hydrogens (tertiary/aromatic N) is 3. The maximum Gasteiger partial charge on any atom is 1.00 e. The zero-order valence-corrected chi connectivity index (χ0v) is 11.0. The fraction of sp³-hybridized carbons (Fsp3) is 0. The minimum Gasteiger partial charge on any atom is -1.00 e. The number of hydrogen-bond donors (Lipinski definition) is 0. The van der Waals surface area contributed by atoms with E-state index >= 15 is 0 Å². The normalized spacial score (nSPS) is 1.33. The van der Waals surface area contributed by atoms with Gasteiger partial charge in [0.2, 0.25) is 0 Å². The SMILES string of the molecule is [I-].[K+].[N-]=[N+]=[N-].[Na+]. The molecule has 0 aliphatic carbocycles. The van der Waals surface area contributed by atoms with Crippen molar-refractivity contribution in [3.8, 4) is 0 Å². The molecule has 6 heavy (non-hydrogen) atoms. The van der Waals surface area contributed by atoms with Crippen LogP contribution in [0.5, 0.6) is 0 Å². The maximum absolute atomic E-state index is 6.75. The summed E-state index contributed by atoms with van der Waals surface area (Å²) in [6.45, 7) is 0. The molecule has 0 bridgehead atoms. The molecule has 0 amide bonds. The van der Waals surface area contributed by atoms with E-state index in [4.69, 9.17) is 11.1 Å². The van der Waals surface area contributed by atoms with E-state index in [0.717, 1.165) is 0 Å². The average Bonchev–Trinajstić information content (AvgIpc) is 0.918. The maximum atomic E-state index is 6.75. The molecule has 0 unspecified atom stereocenters. The van der Waals surface area contributed by atoms with E-state index in [-0.39, 0.29) is 105 Å². The Morgan fingerprint density at radius 3 is 1.17 bits per heavy atom. The van der Waals surface area contributed by atoms with Crippen LogP contribution in [0.25, 0.3) is 16.0 Å². The fourth-order valence-electron chi connectivity index (χ4n) is 0. The zero-order chi connectivity index (χ0) is 2.71. The summed E-state index contributed by atoms with van der Waals surface area (Å²) in [5, 5.41) is 0. The van der Waals surface area contributed by atoms with Crippen LogP contribution in [0.15, 0.2) is 0 Å². The second kappa shape index (κ2) is 25.3. The molecule has 0 fully saturated rings. The fourth-order valence-corrected chi connectivity index (χ4v) is 0. The molecule has 6 heteroatoms. The first-order valence-corrected chi connectivity index (χ1v) is 0.400. The van der Waals surface area contributed by atoms with Crippen molar-refractivity contribution in [1.82, 2.24) is 0 Å². The second-order valence-corrected chi connectivity index (χ2v) is 0.0894. The zero-order valence-electron chi connectivity index (χ0n) is 3.72. The van der Waals surface area contributed by atoms with Crippen molar-refractivity contribution >= 4 is 0 Å². The first kappa shape index (κ1) is 23.4. The first-order valence-electron chi connectivity index (χ1n) is 0.400. The Morgan fingerprint density at radius 2 is 1.17 bits per heavy atom. The Labute approximate surface area is 118 Å². The van der Waals surface area contributed by atoms with Crippen LogP contribution in [0.2, 0.25) is 0 Å². The molecular weight excluding hydrogens is 231 g/mol. The average molecular weight is 231 g/mol. The van der Waals surface area contributed by atoms with Gasteiger partial charge in [-0.2, -0.15) is 0 Å². The predicted molar refractivity (Wildman–Crippen MR) is 10.1 cm³/mol. The molecule has 0 spiro atoms. The molecule has 0 radical (unpaired) electrons. The molecule has 0 saturated heterocycles. The third kappa shape index (κ3) is 30.0. The van der Waals surface area contributed by atoms with Crippen LogP contribution in [0.4, 0.5) is 0 Å². The van der Waals surface area contributed by atoms with Gasteiger partial charge in [-0.3, -0.25) is 4.91 Å². The van der Waals surface area contributed by atoms with Gasteiger partial charge in [-0.1, -0.05) is 0 Å². The van der Waals surface area contributed by atoms with Crippen molar-refractivity contribution in [1.29, 1.82) is 0 Å². The van der Waals surface area contributed by atoms with E-state index in [1.807, 2.05) is 0 Å². The summed E-state index contributed by atoms with van der Waals surface area (Å²) in [7, 11) is 0. The van der Waals surface area contributed by atoms with E-state index in [1.165, 1.54) is 4.91 Å². The third-order valence-corrected chi connectivity index (χ3v) is 0. The number of halogens is 1. The molecule has 0 aliphatic heterocycles. The number of hydrogen-bond acceptors (Lipinski definition) is 0. The van der Waals surface area contributed by atoms with Gasteiger partial charge in [0.05, 0.1) is 0 Å². The van der Waals surface area contributed by atoms with Gasteiger partial charge in [0.25, 0.3) is 0 Å². The molecule has 0 aromatic carbocycles. The minimum atomic E-state index is 0. The summed E-state index contributed by atoms with van der Waals surface area (Å²) in [6.07, 6.45) is 0. The Kier molecular flexibility index (Phi) is 98.6. The molecular formula is IKN3Na. The van der Waals surface area contributed by atoms with E-state index in [0.29, 0.717) is 0 Å². The van der Waals surface area contributed by atoms with Crippen molar-refractivity contribution in [2.45, 2.75) is 0 Å². The van der Waals surface area contributed by atoms with Crippen molar-refractivity contribution in [3.05, 3.63) is 16.0 Å². The molecule has 0 N–H and O–H groups in total. The summed E-state index contributed by atoms with van der Waals surface area (Å²) >= 11 is 0. The summed E-state index contributed by atoms with van der Waals surface area (Å²) in [5.74, 6) is 0. The molecule has 3 nitrogen and oxygen atoms in total. The van der Waals surface area contributed by atoms with Gasteiger partial charge in [0.15, 0.2) is 0 Å². The van der Waals surface area contributed by atoms with Gasteiger partial charge in [-0.15, -0.1) is 0 Å². The Morgan fingerprint density at radius 1 is 1.17 bits per heavy atom. The van der Waals surface area contributed by atoms with Crippen LogP contribution in [0.3, 0.4) is 0 Å². The third-order valence-electron chi connectivity index (χ3n) is 0. The minimum absolute atomic E-state index is 0. The molecule has 0 aromatic heterocycles. The molecule has 0 atom stereocenters. The Balaban J connectivity index is -0.00000000667. The molecule has 24 valence electrons. The van der Waals surface area contributed by atoms with Gasteiger partial charge in [0, 0.05) is 0 Å². The molecule has 0 aromatic rings. The van der Waals surface area contributed by atoms with Crippen molar-refractivity contribution < 1.29 is 105 Å². The molecule has 0 saturated carbocycles. The van der Waals surface area contributed by atoms with Crippen molar-refractivity contribution in [3.63, 3.8) is 0 Å². The monoisotopic (exact) mass is 231 g/mol.